The Morgan fingerprint density at radius 1 is 1.56 bits per heavy atom. The SMILES string of the molecule is C=CCCC(=O)NCC#CCOc1cccnc1. The van der Waals surface area contributed by atoms with E-state index in [9.17, 15) is 4.79 Å². The molecule has 0 atom stereocenters. The molecule has 0 spiro atoms. The lowest BCUT2D eigenvalue weighted by Gasteiger charge is -1.99. The molecular formula is C14H16N2O2. The number of amides is 1. The second-order valence-electron chi connectivity index (χ2n) is 3.44. The Labute approximate surface area is 107 Å². The van der Waals surface area contributed by atoms with E-state index in [0.29, 0.717) is 25.1 Å². The Balaban J connectivity index is 2.11. The van der Waals surface area contributed by atoms with Crippen molar-refractivity contribution in [2.45, 2.75) is 12.8 Å². The van der Waals surface area contributed by atoms with Gasteiger partial charge in [0.05, 0.1) is 12.7 Å². The summed E-state index contributed by atoms with van der Waals surface area (Å²) in [4.78, 5) is 15.1. The number of allylic oxidation sites excluding steroid dienone is 1. The molecule has 0 aromatic carbocycles. The minimum absolute atomic E-state index is 0.0163. The van der Waals surface area contributed by atoms with Crippen LogP contribution in [0.1, 0.15) is 12.8 Å². The Hall–Kier alpha value is -2.28. The first-order chi connectivity index (χ1) is 8.83. The van der Waals surface area contributed by atoms with Crippen LogP contribution in [0.15, 0.2) is 37.2 Å². The van der Waals surface area contributed by atoms with Crippen LogP contribution in [0.4, 0.5) is 0 Å². The first-order valence-corrected chi connectivity index (χ1v) is 5.69. The third kappa shape index (κ3) is 6.33. The summed E-state index contributed by atoms with van der Waals surface area (Å²) in [6, 6.07) is 3.61. The van der Waals surface area contributed by atoms with Crippen molar-refractivity contribution >= 4 is 5.91 Å². The second kappa shape index (κ2) is 8.82. The Bertz CT molecular complexity index is 432. The highest BCUT2D eigenvalue weighted by Crippen LogP contribution is 2.04. The lowest BCUT2D eigenvalue weighted by Crippen LogP contribution is -2.22. The van der Waals surface area contributed by atoms with Crippen LogP contribution in [0.25, 0.3) is 0 Å². The van der Waals surface area contributed by atoms with E-state index in [0.717, 1.165) is 0 Å². The molecule has 4 heteroatoms. The summed E-state index contributed by atoms with van der Waals surface area (Å²) in [5, 5.41) is 2.69. The lowest BCUT2D eigenvalue weighted by molar-refractivity contribution is -0.120. The van der Waals surface area contributed by atoms with Crippen LogP contribution in [0.5, 0.6) is 5.75 Å². The molecule has 4 nitrogen and oxygen atoms in total. The highest BCUT2D eigenvalue weighted by molar-refractivity contribution is 5.76. The Kier molecular flexibility index (Phi) is 6.76. The molecule has 0 radical (unpaired) electrons. The van der Waals surface area contributed by atoms with Crippen molar-refractivity contribution in [1.29, 1.82) is 0 Å². The number of nitrogens with one attached hydrogen (secondary N) is 1. The first kappa shape index (κ1) is 13.8. The molecule has 1 aromatic rings. The summed E-state index contributed by atoms with van der Waals surface area (Å²) < 4.78 is 5.32. The molecule has 1 N–H and O–H groups in total. The fourth-order valence-electron chi connectivity index (χ4n) is 1.13. The maximum absolute atomic E-state index is 11.2. The molecule has 1 amide bonds. The van der Waals surface area contributed by atoms with Gasteiger partial charge in [0, 0.05) is 12.6 Å². The highest BCUT2D eigenvalue weighted by Gasteiger charge is 1.95. The van der Waals surface area contributed by atoms with Crippen LogP contribution in [0.3, 0.4) is 0 Å². The van der Waals surface area contributed by atoms with Crippen LogP contribution in [0.2, 0.25) is 0 Å². The van der Waals surface area contributed by atoms with E-state index in [1.807, 2.05) is 6.07 Å². The molecule has 0 bridgehead atoms. The van der Waals surface area contributed by atoms with Crippen molar-refractivity contribution in [3.05, 3.63) is 37.2 Å². The van der Waals surface area contributed by atoms with Gasteiger partial charge in [0.25, 0.3) is 0 Å². The fraction of sp³-hybridized carbons (Fsp3) is 0.286. The summed E-state index contributed by atoms with van der Waals surface area (Å²) in [6.07, 6.45) is 6.16. The fourth-order valence-corrected chi connectivity index (χ4v) is 1.13. The average Bonchev–Trinajstić information content (AvgIpc) is 2.41. The van der Waals surface area contributed by atoms with Gasteiger partial charge in [-0.15, -0.1) is 6.58 Å². The molecule has 0 fully saturated rings. The summed E-state index contributed by atoms with van der Waals surface area (Å²) in [6.45, 7) is 4.18. The van der Waals surface area contributed by atoms with E-state index < -0.39 is 0 Å². The van der Waals surface area contributed by atoms with Crippen LogP contribution in [-0.4, -0.2) is 24.0 Å². The normalized spacial score (nSPS) is 8.89. The van der Waals surface area contributed by atoms with Crippen LogP contribution in [-0.2, 0) is 4.79 Å². The minimum atomic E-state index is -0.0163. The van der Waals surface area contributed by atoms with Crippen molar-refractivity contribution in [2.75, 3.05) is 13.2 Å². The molecule has 1 heterocycles. The van der Waals surface area contributed by atoms with Crippen molar-refractivity contribution in [2.24, 2.45) is 0 Å². The number of pyridine rings is 1. The number of carbonyl (C=O) groups excluding carboxylic acids is 1. The zero-order chi connectivity index (χ0) is 13.1. The zero-order valence-corrected chi connectivity index (χ0v) is 10.2. The van der Waals surface area contributed by atoms with Gasteiger partial charge in [-0.2, -0.15) is 0 Å². The minimum Gasteiger partial charge on any atom is -0.479 e. The van der Waals surface area contributed by atoms with Crippen molar-refractivity contribution < 1.29 is 9.53 Å². The quantitative estimate of drug-likeness (QED) is 0.610. The van der Waals surface area contributed by atoms with Gasteiger partial charge in [-0.05, 0) is 18.6 Å². The van der Waals surface area contributed by atoms with Crippen molar-refractivity contribution in [3.63, 3.8) is 0 Å². The van der Waals surface area contributed by atoms with Gasteiger partial charge in [-0.1, -0.05) is 17.9 Å². The van der Waals surface area contributed by atoms with Crippen LogP contribution in [0, 0.1) is 11.8 Å². The number of nitrogens with zero attached hydrogens (tertiary/aromatic N) is 1. The van der Waals surface area contributed by atoms with Gasteiger partial charge >= 0.3 is 0 Å². The van der Waals surface area contributed by atoms with Gasteiger partial charge in [-0.3, -0.25) is 9.78 Å². The average molecular weight is 244 g/mol. The van der Waals surface area contributed by atoms with Gasteiger partial charge in [0.15, 0.2) is 0 Å². The van der Waals surface area contributed by atoms with Gasteiger partial charge in [-0.25, -0.2) is 0 Å². The monoisotopic (exact) mass is 244 g/mol. The molecule has 0 aliphatic rings. The van der Waals surface area contributed by atoms with E-state index in [1.165, 1.54) is 0 Å². The summed E-state index contributed by atoms with van der Waals surface area (Å²) >= 11 is 0. The molecule has 18 heavy (non-hydrogen) atoms. The van der Waals surface area contributed by atoms with Crippen molar-refractivity contribution in [1.82, 2.24) is 10.3 Å². The largest absolute Gasteiger partial charge is 0.479 e. The number of rotatable bonds is 6. The highest BCUT2D eigenvalue weighted by atomic mass is 16.5. The molecule has 1 rings (SSSR count). The van der Waals surface area contributed by atoms with E-state index in [4.69, 9.17) is 4.74 Å². The van der Waals surface area contributed by atoms with Gasteiger partial charge in [0.1, 0.15) is 12.4 Å². The van der Waals surface area contributed by atoms with E-state index >= 15 is 0 Å². The second-order valence-corrected chi connectivity index (χ2v) is 3.44. The van der Waals surface area contributed by atoms with E-state index in [2.05, 4.69) is 28.7 Å². The number of hydrogen-bond acceptors (Lipinski definition) is 3. The molecule has 0 saturated heterocycles. The number of hydrogen-bond donors (Lipinski definition) is 1. The standard InChI is InChI=1S/C14H16N2O2/c1-2-3-8-14(17)16-10-4-5-11-18-13-7-6-9-15-12-13/h2,6-7,9,12H,1,3,8,10-11H2,(H,16,17). The van der Waals surface area contributed by atoms with Crippen LogP contribution < -0.4 is 10.1 Å². The summed E-state index contributed by atoms with van der Waals surface area (Å²) in [5.74, 6) is 6.29. The van der Waals surface area contributed by atoms with E-state index in [1.54, 1.807) is 24.5 Å². The first-order valence-electron chi connectivity index (χ1n) is 5.69. The molecular weight excluding hydrogens is 228 g/mol. The smallest absolute Gasteiger partial charge is 0.221 e. The topological polar surface area (TPSA) is 51.2 Å². The molecule has 0 aliphatic heterocycles. The van der Waals surface area contributed by atoms with E-state index in [-0.39, 0.29) is 12.5 Å². The summed E-state index contributed by atoms with van der Waals surface area (Å²) in [5.41, 5.74) is 0. The number of carbonyl (C=O) groups is 1. The molecule has 1 aromatic heterocycles. The maximum atomic E-state index is 11.2. The molecule has 0 unspecified atom stereocenters. The zero-order valence-electron chi connectivity index (χ0n) is 10.2. The predicted molar refractivity (Wildman–Crippen MR) is 69.9 cm³/mol. The maximum Gasteiger partial charge on any atom is 0.221 e. The molecule has 94 valence electrons. The van der Waals surface area contributed by atoms with Crippen LogP contribution >= 0.6 is 0 Å². The predicted octanol–water partition coefficient (Wildman–Crippen LogP) is 1.55. The lowest BCUT2D eigenvalue weighted by atomic mass is 10.3. The third-order valence-electron chi connectivity index (χ3n) is 2.02. The molecule has 0 aliphatic carbocycles. The van der Waals surface area contributed by atoms with Gasteiger partial charge < -0.3 is 10.1 Å². The third-order valence-corrected chi connectivity index (χ3v) is 2.02. The van der Waals surface area contributed by atoms with Crippen molar-refractivity contribution in [3.8, 4) is 17.6 Å². The molecule has 0 saturated carbocycles. The Morgan fingerprint density at radius 3 is 3.17 bits per heavy atom. The van der Waals surface area contributed by atoms with Gasteiger partial charge in [0.2, 0.25) is 5.91 Å². The Morgan fingerprint density at radius 2 is 2.44 bits per heavy atom. The number of aromatic nitrogens is 1. The number of ether oxygens (including phenoxy) is 1. The summed E-state index contributed by atoms with van der Waals surface area (Å²) in [7, 11) is 0.